The summed E-state index contributed by atoms with van der Waals surface area (Å²) in [5, 5.41) is 6.72. The molecule has 2 saturated heterocycles. The molecule has 1 aliphatic carbocycles. The quantitative estimate of drug-likeness (QED) is 0.556. The normalized spacial score (nSPS) is 23.5. The van der Waals surface area contributed by atoms with E-state index in [0.717, 1.165) is 56.2 Å². The Kier molecular flexibility index (Phi) is 7.46. The second-order valence-electron chi connectivity index (χ2n) is 10.3. The molecular weight excluding hydrogens is 478 g/mol. The fourth-order valence-electron chi connectivity index (χ4n) is 5.59. The second-order valence-corrected chi connectivity index (χ2v) is 10.3. The number of anilines is 1. The number of nitrogens with one attached hydrogen (secondary N) is 2. The summed E-state index contributed by atoms with van der Waals surface area (Å²) in [5.41, 5.74) is 3.15. The molecular formula is C29H35N7O2. The summed E-state index contributed by atoms with van der Waals surface area (Å²) in [5.74, 6) is 0.684. The molecule has 2 aromatic rings. The van der Waals surface area contributed by atoms with Crippen molar-refractivity contribution in [3.63, 3.8) is 0 Å². The van der Waals surface area contributed by atoms with Crippen LogP contribution in [-0.2, 0) is 9.53 Å². The van der Waals surface area contributed by atoms with Gasteiger partial charge in [0.05, 0.1) is 35.8 Å². The van der Waals surface area contributed by atoms with Crippen molar-refractivity contribution in [2.24, 2.45) is 5.92 Å². The van der Waals surface area contributed by atoms with Crippen LogP contribution in [0.15, 0.2) is 72.4 Å². The topological polar surface area (TPSA) is 95.5 Å². The van der Waals surface area contributed by atoms with E-state index in [0.29, 0.717) is 11.6 Å². The van der Waals surface area contributed by atoms with Crippen LogP contribution >= 0.6 is 0 Å². The van der Waals surface area contributed by atoms with Gasteiger partial charge in [0.15, 0.2) is 0 Å². The van der Waals surface area contributed by atoms with Gasteiger partial charge in [0.1, 0.15) is 0 Å². The van der Waals surface area contributed by atoms with E-state index in [1.807, 2.05) is 41.3 Å². The number of carbonyl (C=O) groups excluding carboxylic acids is 1. The Morgan fingerprint density at radius 2 is 1.89 bits per heavy atom. The van der Waals surface area contributed by atoms with Gasteiger partial charge in [-0.3, -0.25) is 9.78 Å². The fraction of sp³-hybridized carbons (Fsp3) is 0.448. The smallest absolute Gasteiger partial charge is 0.269 e. The highest BCUT2D eigenvalue weighted by Gasteiger charge is 2.32. The molecule has 1 amide bonds. The van der Waals surface area contributed by atoms with Gasteiger partial charge in [-0.2, -0.15) is 0 Å². The number of hydrogen-bond donors (Lipinski definition) is 2. The second kappa shape index (κ2) is 11.4. The zero-order chi connectivity index (χ0) is 25.7. The molecule has 198 valence electrons. The number of fused-ring (bicyclic) bond motifs is 1. The molecule has 2 atom stereocenters. The maximum absolute atomic E-state index is 13.2. The number of likely N-dealkylation sites (tertiary alicyclic amines) is 2. The zero-order valence-corrected chi connectivity index (χ0v) is 21.6. The van der Waals surface area contributed by atoms with Crippen LogP contribution in [0.5, 0.6) is 0 Å². The van der Waals surface area contributed by atoms with Gasteiger partial charge in [0, 0.05) is 43.6 Å². The number of ether oxygens (including phenoxy) is 1. The van der Waals surface area contributed by atoms with Crippen LogP contribution in [0.1, 0.15) is 25.7 Å². The molecule has 9 nitrogen and oxygen atoms in total. The first-order chi connectivity index (χ1) is 18.7. The molecule has 0 saturated carbocycles. The average Bonchev–Trinajstić information content (AvgIpc) is 3.64. The molecule has 0 bridgehead atoms. The summed E-state index contributed by atoms with van der Waals surface area (Å²) >= 11 is 0. The fourth-order valence-corrected chi connectivity index (χ4v) is 5.59. The van der Waals surface area contributed by atoms with Crippen molar-refractivity contribution in [1.29, 1.82) is 0 Å². The van der Waals surface area contributed by atoms with E-state index in [9.17, 15) is 4.79 Å². The summed E-state index contributed by atoms with van der Waals surface area (Å²) < 4.78 is 6.12. The third-order valence-corrected chi connectivity index (χ3v) is 7.71. The summed E-state index contributed by atoms with van der Waals surface area (Å²) in [7, 11) is 0. The van der Waals surface area contributed by atoms with E-state index in [4.69, 9.17) is 4.74 Å². The molecule has 38 heavy (non-hydrogen) atoms. The number of piperidine rings is 1. The number of carbonyl (C=O) groups is 1. The molecule has 0 spiro atoms. The first-order valence-electron chi connectivity index (χ1n) is 13.7. The minimum absolute atomic E-state index is 0.0757. The Labute approximate surface area is 223 Å². The van der Waals surface area contributed by atoms with Crippen molar-refractivity contribution in [3.05, 3.63) is 72.4 Å². The van der Waals surface area contributed by atoms with Crippen molar-refractivity contribution in [1.82, 2.24) is 30.1 Å². The van der Waals surface area contributed by atoms with Gasteiger partial charge in [0.2, 0.25) is 5.95 Å². The standard InChI is InChI=1S/C29H35N7O2/c37-28(36-15-9-23(10-16-36)38-18-17-35-13-3-4-14-35)27-20-21-19-22(6-7-24(21)33-27)32-29-31-12-8-26(34-29)25-5-1-2-11-30-25/h1-2,5-8,11-12,19-21,23-24,33H,3-4,9-10,13-18H2,(H,31,32,34). The third-order valence-electron chi connectivity index (χ3n) is 7.71. The Balaban J connectivity index is 1.02. The van der Waals surface area contributed by atoms with Crippen LogP contribution < -0.4 is 10.6 Å². The summed E-state index contributed by atoms with van der Waals surface area (Å²) in [6.07, 6.45) is 16.4. The van der Waals surface area contributed by atoms with Crippen molar-refractivity contribution < 1.29 is 9.53 Å². The molecule has 2 aromatic heterocycles. The number of aromatic nitrogens is 3. The zero-order valence-electron chi connectivity index (χ0n) is 21.6. The Bertz CT molecular complexity index is 1210. The molecule has 2 fully saturated rings. The molecule has 5 heterocycles. The minimum Gasteiger partial charge on any atom is -0.377 e. The molecule has 0 aromatic carbocycles. The first kappa shape index (κ1) is 24.8. The van der Waals surface area contributed by atoms with Crippen LogP contribution in [-0.4, -0.2) is 82.1 Å². The van der Waals surface area contributed by atoms with Crippen LogP contribution in [0.2, 0.25) is 0 Å². The first-order valence-corrected chi connectivity index (χ1v) is 13.7. The number of hydrogen-bond acceptors (Lipinski definition) is 8. The number of allylic oxidation sites excluding steroid dienone is 1. The highest BCUT2D eigenvalue weighted by molar-refractivity contribution is 5.93. The van der Waals surface area contributed by atoms with E-state index in [2.05, 4.69) is 42.6 Å². The molecule has 9 heteroatoms. The van der Waals surface area contributed by atoms with Gasteiger partial charge in [-0.25, -0.2) is 9.97 Å². The molecule has 2 N–H and O–H groups in total. The van der Waals surface area contributed by atoms with Gasteiger partial charge < -0.3 is 25.2 Å². The van der Waals surface area contributed by atoms with E-state index in [1.165, 1.54) is 25.9 Å². The highest BCUT2D eigenvalue weighted by Crippen LogP contribution is 2.27. The van der Waals surface area contributed by atoms with Crippen LogP contribution in [0.3, 0.4) is 0 Å². The average molecular weight is 514 g/mol. The maximum atomic E-state index is 13.2. The minimum atomic E-state index is 0.0757. The number of rotatable bonds is 8. The SMILES string of the molecule is O=C(C1=CC2C=C(Nc3nccc(-c4ccccn4)n3)C=CC2N1)N1CCC(OCCN2CCCC2)CC1. The number of nitrogens with zero attached hydrogens (tertiary/aromatic N) is 5. The molecule has 4 aliphatic rings. The van der Waals surface area contributed by atoms with E-state index >= 15 is 0 Å². The molecule has 2 unspecified atom stereocenters. The van der Waals surface area contributed by atoms with Gasteiger partial charge in [-0.15, -0.1) is 0 Å². The maximum Gasteiger partial charge on any atom is 0.269 e. The Hall–Kier alpha value is -3.56. The molecule has 3 aliphatic heterocycles. The third kappa shape index (κ3) is 5.79. The van der Waals surface area contributed by atoms with Crippen molar-refractivity contribution in [3.8, 4) is 11.4 Å². The monoisotopic (exact) mass is 513 g/mol. The van der Waals surface area contributed by atoms with E-state index in [1.54, 1.807) is 12.4 Å². The van der Waals surface area contributed by atoms with Gasteiger partial charge >= 0.3 is 0 Å². The van der Waals surface area contributed by atoms with Crippen molar-refractivity contribution >= 4 is 11.9 Å². The predicted octanol–water partition coefficient (Wildman–Crippen LogP) is 2.98. The summed E-state index contributed by atoms with van der Waals surface area (Å²) in [6, 6.07) is 7.67. The van der Waals surface area contributed by atoms with E-state index < -0.39 is 0 Å². The highest BCUT2D eigenvalue weighted by atomic mass is 16.5. The summed E-state index contributed by atoms with van der Waals surface area (Å²) in [6.45, 7) is 5.71. The predicted molar refractivity (Wildman–Crippen MR) is 146 cm³/mol. The lowest BCUT2D eigenvalue weighted by Crippen LogP contribution is -2.44. The van der Waals surface area contributed by atoms with Crippen molar-refractivity contribution in [2.45, 2.75) is 37.8 Å². The van der Waals surface area contributed by atoms with Crippen LogP contribution in [0.25, 0.3) is 11.4 Å². The number of amides is 1. The number of pyridine rings is 1. The lowest BCUT2D eigenvalue weighted by Gasteiger charge is -2.32. The Morgan fingerprint density at radius 3 is 2.71 bits per heavy atom. The Morgan fingerprint density at radius 1 is 1.03 bits per heavy atom. The lowest BCUT2D eigenvalue weighted by atomic mass is 9.96. The summed E-state index contributed by atoms with van der Waals surface area (Å²) in [4.78, 5) is 31.0. The van der Waals surface area contributed by atoms with Crippen LogP contribution in [0.4, 0.5) is 5.95 Å². The van der Waals surface area contributed by atoms with Gasteiger partial charge in [-0.05, 0) is 69.1 Å². The molecule has 6 rings (SSSR count). The molecule has 0 radical (unpaired) electrons. The lowest BCUT2D eigenvalue weighted by molar-refractivity contribution is -0.130. The van der Waals surface area contributed by atoms with Crippen LogP contribution in [0, 0.1) is 5.92 Å². The van der Waals surface area contributed by atoms with E-state index in [-0.39, 0.29) is 24.0 Å². The van der Waals surface area contributed by atoms with Gasteiger partial charge in [0.25, 0.3) is 5.91 Å². The van der Waals surface area contributed by atoms with Crippen molar-refractivity contribution in [2.75, 3.05) is 44.6 Å². The largest absolute Gasteiger partial charge is 0.377 e. The van der Waals surface area contributed by atoms with Gasteiger partial charge in [-0.1, -0.05) is 18.2 Å².